The third-order valence-corrected chi connectivity index (χ3v) is 2.59. The molecule has 0 aliphatic rings. The van der Waals surface area contributed by atoms with E-state index in [1.807, 2.05) is 5.40 Å². The Labute approximate surface area is 87.3 Å². The molecule has 0 unspecified atom stereocenters. The van der Waals surface area contributed by atoms with Crippen molar-refractivity contribution >= 4 is 39.3 Å². The molecule has 0 aromatic heterocycles. The number of rotatable bonds is 1. The number of phenols is 1. The number of halogens is 2. The smallest absolute Gasteiger partial charge is 0.144 e. The summed E-state index contributed by atoms with van der Waals surface area (Å²) in [7, 11) is 0. The van der Waals surface area contributed by atoms with Gasteiger partial charge in [0.25, 0.3) is 0 Å². The predicted octanol–water partition coefficient (Wildman–Crippen LogP) is 3.38. The molecule has 0 saturated heterocycles. The van der Waals surface area contributed by atoms with Gasteiger partial charge in [-0.2, -0.15) is 5.26 Å². The van der Waals surface area contributed by atoms with E-state index in [-0.39, 0.29) is 5.75 Å². The van der Waals surface area contributed by atoms with Crippen LogP contribution in [0.15, 0.2) is 21.5 Å². The minimum atomic E-state index is 0.0472. The maximum absolute atomic E-state index is 9.38. The maximum atomic E-state index is 9.38. The summed E-state index contributed by atoms with van der Waals surface area (Å²) in [5.74, 6) is 0.0472. The number of thiocyanates is 1. The minimum Gasteiger partial charge on any atom is -0.506 e. The number of aromatic hydroxyl groups is 1. The molecule has 0 saturated carbocycles. The largest absolute Gasteiger partial charge is 0.506 e. The topological polar surface area (TPSA) is 44.0 Å². The summed E-state index contributed by atoms with van der Waals surface area (Å²) < 4.78 is 0.493. The number of thioether (sulfide) groups is 1. The van der Waals surface area contributed by atoms with Gasteiger partial charge < -0.3 is 5.11 Å². The average Bonchev–Trinajstić information content (AvgIpc) is 2.00. The molecule has 0 amide bonds. The third kappa shape index (κ3) is 2.07. The van der Waals surface area contributed by atoms with E-state index in [2.05, 4.69) is 15.9 Å². The van der Waals surface area contributed by atoms with Crippen molar-refractivity contribution < 1.29 is 5.11 Å². The lowest BCUT2D eigenvalue weighted by Crippen LogP contribution is -1.75. The van der Waals surface area contributed by atoms with Crippen LogP contribution < -0.4 is 0 Å². The molecule has 5 heteroatoms. The van der Waals surface area contributed by atoms with E-state index in [9.17, 15) is 5.11 Å². The van der Waals surface area contributed by atoms with Crippen LogP contribution in [-0.4, -0.2) is 5.11 Å². The summed E-state index contributed by atoms with van der Waals surface area (Å²) in [6, 6.07) is 3.11. The van der Waals surface area contributed by atoms with E-state index in [1.54, 1.807) is 6.07 Å². The Morgan fingerprint density at radius 1 is 1.58 bits per heavy atom. The van der Waals surface area contributed by atoms with Crippen LogP contribution in [0.25, 0.3) is 0 Å². The molecule has 0 radical (unpaired) electrons. The summed E-state index contributed by atoms with van der Waals surface area (Å²) in [5, 5.41) is 20.1. The second-order valence-electron chi connectivity index (χ2n) is 1.93. The van der Waals surface area contributed by atoms with Gasteiger partial charge in [0.2, 0.25) is 0 Å². The van der Waals surface area contributed by atoms with Gasteiger partial charge in [-0.3, -0.25) is 0 Å². The molecule has 1 aromatic rings. The average molecular weight is 265 g/mol. The molecule has 0 aliphatic carbocycles. The van der Waals surface area contributed by atoms with Crippen LogP contribution in [0.4, 0.5) is 0 Å². The monoisotopic (exact) mass is 263 g/mol. The van der Waals surface area contributed by atoms with Gasteiger partial charge in [-0.05, 0) is 39.8 Å². The van der Waals surface area contributed by atoms with Gasteiger partial charge in [0, 0.05) is 5.02 Å². The highest BCUT2D eigenvalue weighted by Gasteiger charge is 2.07. The zero-order valence-electron chi connectivity index (χ0n) is 5.71. The molecule has 12 heavy (non-hydrogen) atoms. The number of hydrogen-bond acceptors (Lipinski definition) is 3. The van der Waals surface area contributed by atoms with Crippen molar-refractivity contribution in [3.63, 3.8) is 0 Å². The van der Waals surface area contributed by atoms with Crippen LogP contribution in [0, 0.1) is 10.7 Å². The van der Waals surface area contributed by atoms with Gasteiger partial charge in [-0.25, -0.2) is 0 Å². The summed E-state index contributed by atoms with van der Waals surface area (Å²) in [6.07, 6.45) is 0. The first-order valence-corrected chi connectivity index (χ1v) is 4.88. The summed E-state index contributed by atoms with van der Waals surface area (Å²) in [6.45, 7) is 0. The first-order valence-electron chi connectivity index (χ1n) is 2.89. The van der Waals surface area contributed by atoms with Gasteiger partial charge in [-0.1, -0.05) is 11.6 Å². The Morgan fingerprint density at radius 2 is 2.25 bits per heavy atom. The van der Waals surface area contributed by atoms with Crippen LogP contribution in [0.1, 0.15) is 0 Å². The van der Waals surface area contributed by atoms with E-state index >= 15 is 0 Å². The highest BCUT2D eigenvalue weighted by Crippen LogP contribution is 2.36. The molecular formula is C7H3BrClNOS. The van der Waals surface area contributed by atoms with E-state index in [0.29, 0.717) is 14.4 Å². The SMILES string of the molecule is N#CSc1cc(Cl)cc(Br)c1O. The molecular weight excluding hydrogens is 262 g/mol. The van der Waals surface area contributed by atoms with Crippen molar-refractivity contribution in [3.8, 4) is 11.2 Å². The Balaban J connectivity index is 3.20. The predicted molar refractivity (Wildman–Crippen MR) is 52.3 cm³/mol. The van der Waals surface area contributed by atoms with Crippen LogP contribution in [0.3, 0.4) is 0 Å². The van der Waals surface area contributed by atoms with Crippen molar-refractivity contribution in [1.29, 1.82) is 5.26 Å². The zero-order chi connectivity index (χ0) is 9.14. The molecule has 1 N–H and O–H groups in total. The molecule has 0 bridgehead atoms. The van der Waals surface area contributed by atoms with E-state index in [4.69, 9.17) is 16.9 Å². The highest BCUT2D eigenvalue weighted by molar-refractivity contribution is 9.10. The van der Waals surface area contributed by atoms with Crippen LogP contribution in [0.5, 0.6) is 5.75 Å². The Hall–Kier alpha value is -0.370. The van der Waals surface area contributed by atoms with E-state index < -0.39 is 0 Å². The minimum absolute atomic E-state index is 0.0472. The normalized spacial score (nSPS) is 9.42. The lowest BCUT2D eigenvalue weighted by Gasteiger charge is -2.01. The van der Waals surface area contributed by atoms with Gasteiger partial charge in [0.05, 0.1) is 9.37 Å². The molecule has 2 nitrogen and oxygen atoms in total. The van der Waals surface area contributed by atoms with Crippen LogP contribution in [0.2, 0.25) is 5.02 Å². The fraction of sp³-hybridized carbons (Fsp3) is 0. The van der Waals surface area contributed by atoms with Crippen LogP contribution in [-0.2, 0) is 0 Å². The summed E-state index contributed by atoms with van der Waals surface area (Å²) in [4.78, 5) is 0.455. The molecule has 0 atom stereocenters. The lowest BCUT2D eigenvalue weighted by molar-refractivity contribution is 0.459. The van der Waals surface area contributed by atoms with Crippen LogP contribution >= 0.6 is 39.3 Å². The van der Waals surface area contributed by atoms with Crippen molar-refractivity contribution in [3.05, 3.63) is 21.6 Å². The molecule has 1 rings (SSSR count). The number of phenolic OH excluding ortho intramolecular Hbond substituents is 1. The van der Waals surface area contributed by atoms with Gasteiger partial charge >= 0.3 is 0 Å². The maximum Gasteiger partial charge on any atom is 0.144 e. The number of hydrogen-bond donors (Lipinski definition) is 1. The first kappa shape index (κ1) is 9.72. The quantitative estimate of drug-likeness (QED) is 0.625. The number of nitriles is 1. The molecule has 0 heterocycles. The third-order valence-electron chi connectivity index (χ3n) is 1.15. The number of nitrogens with zero attached hydrogens (tertiary/aromatic N) is 1. The molecule has 0 spiro atoms. The second kappa shape index (κ2) is 4.04. The fourth-order valence-corrected chi connectivity index (χ4v) is 2.17. The van der Waals surface area contributed by atoms with Crippen molar-refractivity contribution in [2.45, 2.75) is 4.90 Å². The van der Waals surface area contributed by atoms with Crippen molar-refractivity contribution in [1.82, 2.24) is 0 Å². The Bertz CT molecular complexity index is 350. The highest BCUT2D eigenvalue weighted by atomic mass is 79.9. The van der Waals surface area contributed by atoms with E-state index in [1.165, 1.54) is 6.07 Å². The Kier molecular flexibility index (Phi) is 3.27. The molecule has 1 aromatic carbocycles. The summed E-state index contributed by atoms with van der Waals surface area (Å²) >= 11 is 9.67. The summed E-state index contributed by atoms with van der Waals surface area (Å²) in [5.41, 5.74) is 0. The zero-order valence-corrected chi connectivity index (χ0v) is 8.87. The molecule has 0 fully saturated rings. The van der Waals surface area contributed by atoms with Gasteiger partial charge in [0.15, 0.2) is 0 Å². The molecule has 0 aliphatic heterocycles. The number of benzene rings is 1. The first-order chi connectivity index (χ1) is 5.65. The van der Waals surface area contributed by atoms with E-state index in [0.717, 1.165) is 11.8 Å². The second-order valence-corrected chi connectivity index (χ2v) is 4.05. The van der Waals surface area contributed by atoms with Crippen molar-refractivity contribution in [2.75, 3.05) is 0 Å². The molecule has 62 valence electrons. The van der Waals surface area contributed by atoms with Gasteiger partial charge in [-0.15, -0.1) is 0 Å². The lowest BCUT2D eigenvalue weighted by atomic mass is 10.3. The van der Waals surface area contributed by atoms with Gasteiger partial charge in [0.1, 0.15) is 11.2 Å². The van der Waals surface area contributed by atoms with Crippen molar-refractivity contribution in [2.24, 2.45) is 0 Å². The fourth-order valence-electron chi connectivity index (χ4n) is 0.669. The standard InChI is InChI=1S/C7H3BrClNOS/c8-5-1-4(9)2-6(7(5)11)12-3-10/h1-2,11H. The Morgan fingerprint density at radius 3 is 2.83 bits per heavy atom.